The number of hydrogen-bond acceptors (Lipinski definition) is 4. The highest BCUT2D eigenvalue weighted by Gasteiger charge is 2.20. The van der Waals surface area contributed by atoms with Crippen LogP contribution in [0.1, 0.15) is 69.9 Å². The van der Waals surface area contributed by atoms with Crippen LogP contribution in [0.2, 0.25) is 0 Å². The Kier molecular flexibility index (Phi) is 10.4. The van der Waals surface area contributed by atoms with E-state index >= 15 is 0 Å². The van der Waals surface area contributed by atoms with Gasteiger partial charge in [0, 0.05) is 52.1 Å². The number of nitrogens with zero attached hydrogens (tertiary/aromatic N) is 3. The Balaban J connectivity index is 1.23. The first-order valence-electron chi connectivity index (χ1n) is 12.0. The van der Waals surface area contributed by atoms with Crippen molar-refractivity contribution in [3.05, 3.63) is 30.1 Å². The maximum atomic E-state index is 6.09. The molecule has 0 spiro atoms. The highest BCUT2D eigenvalue weighted by Crippen LogP contribution is 2.20. The van der Waals surface area contributed by atoms with E-state index in [-0.39, 0.29) is 0 Å². The van der Waals surface area contributed by atoms with Crippen LogP contribution in [0.3, 0.4) is 0 Å². The van der Waals surface area contributed by atoms with Crippen LogP contribution in [0, 0.1) is 0 Å². The van der Waals surface area contributed by atoms with Gasteiger partial charge >= 0.3 is 0 Å². The van der Waals surface area contributed by atoms with Crippen molar-refractivity contribution >= 4 is 5.96 Å². The van der Waals surface area contributed by atoms with Gasteiger partial charge in [0.05, 0.1) is 11.8 Å². The van der Waals surface area contributed by atoms with Crippen LogP contribution in [-0.2, 0) is 11.3 Å². The first kappa shape index (κ1) is 23.0. The smallest absolute Gasteiger partial charge is 0.191 e. The molecule has 30 heavy (non-hydrogen) atoms. The minimum Gasteiger partial charge on any atom is -0.378 e. The normalized spacial score (nSPS) is 20.1. The first-order chi connectivity index (χ1) is 14.8. The molecule has 2 fully saturated rings. The van der Waals surface area contributed by atoms with Gasteiger partial charge in [0.2, 0.25) is 0 Å². The molecule has 1 saturated carbocycles. The van der Waals surface area contributed by atoms with Crippen LogP contribution in [0.5, 0.6) is 0 Å². The molecule has 0 unspecified atom stereocenters. The van der Waals surface area contributed by atoms with Crippen molar-refractivity contribution in [2.75, 3.05) is 33.3 Å². The van der Waals surface area contributed by atoms with Gasteiger partial charge in [-0.15, -0.1) is 0 Å². The zero-order chi connectivity index (χ0) is 20.9. The summed E-state index contributed by atoms with van der Waals surface area (Å²) in [4.78, 5) is 11.3. The minimum absolute atomic E-state index is 0.495. The number of ether oxygens (including phenoxy) is 1. The molecular formula is C24H41N5O. The summed E-state index contributed by atoms with van der Waals surface area (Å²) < 4.78 is 6.09. The molecule has 0 bridgehead atoms. The molecule has 6 nitrogen and oxygen atoms in total. The molecule has 0 radical (unpaired) electrons. The summed E-state index contributed by atoms with van der Waals surface area (Å²) >= 11 is 0. The van der Waals surface area contributed by atoms with Crippen molar-refractivity contribution < 1.29 is 4.74 Å². The SMILES string of the molecule is CN=C(NCCCCOC1CCCCCC1)NC1CCN(Cc2ccccn2)CC1. The Labute approximate surface area is 182 Å². The van der Waals surface area contributed by atoms with Crippen molar-refractivity contribution in [3.8, 4) is 0 Å². The highest BCUT2D eigenvalue weighted by atomic mass is 16.5. The molecule has 168 valence electrons. The van der Waals surface area contributed by atoms with Gasteiger partial charge in [-0.1, -0.05) is 31.7 Å². The standard InChI is InChI=1S/C24H41N5O/c1-25-24(27-16-8-9-19-30-23-11-4-2-3-5-12-23)28-21-13-17-29(18-14-21)20-22-10-6-7-15-26-22/h6-7,10,15,21,23H,2-5,8-9,11-14,16-20H2,1H3,(H2,25,27,28). The van der Waals surface area contributed by atoms with Gasteiger partial charge in [0.25, 0.3) is 0 Å². The zero-order valence-corrected chi connectivity index (χ0v) is 18.8. The second kappa shape index (κ2) is 13.6. The van der Waals surface area contributed by atoms with E-state index in [4.69, 9.17) is 4.74 Å². The molecule has 2 aliphatic rings. The third-order valence-corrected chi connectivity index (χ3v) is 6.28. The van der Waals surface area contributed by atoms with E-state index in [1.807, 2.05) is 19.3 Å². The maximum Gasteiger partial charge on any atom is 0.191 e. The van der Waals surface area contributed by atoms with E-state index in [0.29, 0.717) is 12.1 Å². The molecule has 0 amide bonds. The molecule has 1 aromatic heterocycles. The monoisotopic (exact) mass is 415 g/mol. The topological polar surface area (TPSA) is 61.8 Å². The van der Waals surface area contributed by atoms with E-state index in [0.717, 1.165) is 70.1 Å². The Hall–Kier alpha value is -1.66. The average molecular weight is 416 g/mol. The van der Waals surface area contributed by atoms with Crippen molar-refractivity contribution in [1.29, 1.82) is 0 Å². The Morgan fingerprint density at radius 1 is 1.10 bits per heavy atom. The second-order valence-corrected chi connectivity index (χ2v) is 8.71. The fourth-order valence-corrected chi connectivity index (χ4v) is 4.44. The molecule has 1 aromatic rings. The molecule has 3 rings (SSSR count). The van der Waals surface area contributed by atoms with Crippen LogP contribution in [0.25, 0.3) is 0 Å². The van der Waals surface area contributed by atoms with Gasteiger partial charge in [-0.3, -0.25) is 14.9 Å². The summed E-state index contributed by atoms with van der Waals surface area (Å²) in [5.74, 6) is 0.933. The highest BCUT2D eigenvalue weighted by molar-refractivity contribution is 5.79. The first-order valence-corrected chi connectivity index (χ1v) is 12.0. The van der Waals surface area contributed by atoms with E-state index in [2.05, 4.69) is 37.6 Å². The lowest BCUT2D eigenvalue weighted by atomic mass is 10.0. The summed E-state index contributed by atoms with van der Waals surface area (Å²) in [5.41, 5.74) is 1.16. The van der Waals surface area contributed by atoms with Gasteiger partial charge in [-0.2, -0.15) is 0 Å². The van der Waals surface area contributed by atoms with Crippen LogP contribution in [0.4, 0.5) is 0 Å². The minimum atomic E-state index is 0.495. The molecule has 6 heteroatoms. The summed E-state index contributed by atoms with van der Waals surface area (Å²) in [6.45, 7) is 5.00. The van der Waals surface area contributed by atoms with Gasteiger partial charge in [0.1, 0.15) is 0 Å². The van der Waals surface area contributed by atoms with Crippen LogP contribution >= 0.6 is 0 Å². The number of unbranched alkanes of at least 4 members (excludes halogenated alkanes) is 1. The predicted octanol–water partition coefficient (Wildman–Crippen LogP) is 3.73. The lowest BCUT2D eigenvalue weighted by molar-refractivity contribution is 0.0411. The number of aliphatic imine (C=N–C) groups is 1. The van der Waals surface area contributed by atoms with Crippen molar-refractivity contribution in [3.63, 3.8) is 0 Å². The van der Waals surface area contributed by atoms with Gasteiger partial charge in [-0.05, 0) is 50.7 Å². The lowest BCUT2D eigenvalue weighted by Gasteiger charge is -2.32. The Morgan fingerprint density at radius 3 is 2.60 bits per heavy atom. The molecule has 1 saturated heterocycles. The number of guanidine groups is 1. The summed E-state index contributed by atoms with van der Waals surface area (Å²) in [6, 6.07) is 6.64. The molecule has 1 aliphatic heterocycles. The largest absolute Gasteiger partial charge is 0.378 e. The number of pyridine rings is 1. The third-order valence-electron chi connectivity index (χ3n) is 6.28. The molecule has 0 aromatic carbocycles. The van der Waals surface area contributed by atoms with Crippen LogP contribution in [-0.4, -0.2) is 61.3 Å². The fraction of sp³-hybridized carbons (Fsp3) is 0.750. The second-order valence-electron chi connectivity index (χ2n) is 8.71. The molecule has 0 atom stereocenters. The third kappa shape index (κ3) is 8.60. The summed E-state index contributed by atoms with van der Waals surface area (Å²) in [7, 11) is 1.86. The van der Waals surface area contributed by atoms with E-state index in [1.54, 1.807) is 0 Å². The Bertz CT molecular complexity index is 593. The van der Waals surface area contributed by atoms with Crippen molar-refractivity contribution in [2.24, 2.45) is 4.99 Å². The van der Waals surface area contributed by atoms with Gasteiger partial charge in [0.15, 0.2) is 5.96 Å². The summed E-state index contributed by atoms with van der Waals surface area (Å²) in [6.07, 6.45) is 14.9. The van der Waals surface area contributed by atoms with Crippen molar-refractivity contribution in [2.45, 2.75) is 82.9 Å². The number of aromatic nitrogens is 1. The molecule has 2 N–H and O–H groups in total. The number of hydrogen-bond donors (Lipinski definition) is 2. The van der Waals surface area contributed by atoms with E-state index in [1.165, 1.54) is 38.5 Å². The molecular weight excluding hydrogens is 374 g/mol. The number of rotatable bonds is 9. The zero-order valence-electron chi connectivity index (χ0n) is 18.8. The van der Waals surface area contributed by atoms with Crippen LogP contribution < -0.4 is 10.6 Å². The number of likely N-dealkylation sites (tertiary alicyclic amines) is 1. The van der Waals surface area contributed by atoms with Gasteiger partial charge < -0.3 is 15.4 Å². The van der Waals surface area contributed by atoms with Gasteiger partial charge in [-0.25, -0.2) is 0 Å². The molecule has 2 heterocycles. The Morgan fingerprint density at radius 2 is 1.90 bits per heavy atom. The molecule has 1 aliphatic carbocycles. The van der Waals surface area contributed by atoms with E-state index < -0.39 is 0 Å². The fourth-order valence-electron chi connectivity index (χ4n) is 4.44. The number of nitrogens with one attached hydrogen (secondary N) is 2. The average Bonchev–Trinajstić information content (AvgIpc) is 3.06. The summed E-state index contributed by atoms with van der Waals surface area (Å²) in [5, 5.41) is 7.08. The predicted molar refractivity (Wildman–Crippen MR) is 124 cm³/mol. The lowest BCUT2D eigenvalue weighted by Crippen LogP contribution is -2.48. The van der Waals surface area contributed by atoms with E-state index in [9.17, 15) is 0 Å². The van der Waals surface area contributed by atoms with Crippen LogP contribution in [0.15, 0.2) is 29.4 Å². The maximum absolute atomic E-state index is 6.09. The number of piperidine rings is 1. The quantitative estimate of drug-likeness (QED) is 0.278. The van der Waals surface area contributed by atoms with Crippen molar-refractivity contribution in [1.82, 2.24) is 20.5 Å².